The second kappa shape index (κ2) is 5.45. The van der Waals surface area contributed by atoms with Crippen molar-refractivity contribution in [1.29, 1.82) is 0 Å². The normalized spacial score (nSPS) is 12.1. The summed E-state index contributed by atoms with van der Waals surface area (Å²) in [5, 5.41) is 11.2. The summed E-state index contributed by atoms with van der Waals surface area (Å²) < 4.78 is 4.67. The van der Waals surface area contributed by atoms with E-state index in [0.717, 1.165) is 0 Å². The Morgan fingerprint density at radius 3 is 2.87 bits per heavy atom. The van der Waals surface area contributed by atoms with Crippen molar-refractivity contribution in [3.63, 3.8) is 0 Å². The van der Waals surface area contributed by atoms with Crippen LogP contribution < -0.4 is 0 Å². The summed E-state index contributed by atoms with van der Waals surface area (Å²) in [6, 6.07) is 0. The molecule has 0 spiro atoms. The van der Waals surface area contributed by atoms with E-state index in [2.05, 4.69) is 9.72 Å². The van der Waals surface area contributed by atoms with Gasteiger partial charge in [-0.3, -0.25) is 9.59 Å². The molecule has 0 fully saturated rings. The molecule has 1 atom stereocenters. The predicted octanol–water partition coefficient (Wildman–Crippen LogP) is 0.950. The molecule has 1 unspecified atom stereocenters. The molecule has 82 valence electrons. The number of hydrogen-bond donors (Lipinski definition) is 1. The van der Waals surface area contributed by atoms with Gasteiger partial charge >= 0.3 is 11.9 Å². The average Bonchev–Trinajstić information content (AvgIpc) is 2.66. The predicted molar refractivity (Wildman–Crippen MR) is 53.6 cm³/mol. The fourth-order valence-electron chi connectivity index (χ4n) is 1.04. The summed E-state index contributed by atoms with van der Waals surface area (Å²) in [5.74, 6) is -3.04. The number of ether oxygens (including phenoxy) is 1. The molecule has 1 rings (SSSR count). The summed E-state index contributed by atoms with van der Waals surface area (Å²) in [6.45, 7) is 1.82. The molecule has 15 heavy (non-hydrogen) atoms. The van der Waals surface area contributed by atoms with Crippen molar-refractivity contribution < 1.29 is 19.4 Å². The molecule has 0 aliphatic carbocycles. The highest BCUT2D eigenvalue weighted by atomic mass is 32.1. The number of carboxylic acid groups (broad SMARTS) is 1. The van der Waals surface area contributed by atoms with E-state index >= 15 is 0 Å². The first kappa shape index (κ1) is 11.6. The van der Waals surface area contributed by atoms with Crippen LogP contribution in [0.1, 0.15) is 11.9 Å². The van der Waals surface area contributed by atoms with Gasteiger partial charge in [0.2, 0.25) is 0 Å². The van der Waals surface area contributed by atoms with Gasteiger partial charge in [-0.05, 0) is 6.92 Å². The summed E-state index contributed by atoms with van der Waals surface area (Å²) in [4.78, 5) is 26.0. The van der Waals surface area contributed by atoms with Crippen LogP contribution in [0.4, 0.5) is 0 Å². The molecular weight excluding hydrogens is 218 g/mol. The van der Waals surface area contributed by atoms with Crippen LogP contribution >= 0.6 is 11.3 Å². The quantitative estimate of drug-likeness (QED) is 0.601. The Hall–Kier alpha value is -1.43. The molecule has 1 aromatic heterocycles. The first-order valence-corrected chi connectivity index (χ1v) is 5.31. The SMILES string of the molecule is CCOC(=O)C(Cc1nccs1)C(=O)O. The van der Waals surface area contributed by atoms with Crippen LogP contribution in [0.2, 0.25) is 0 Å². The van der Waals surface area contributed by atoms with Crippen LogP contribution in [0.5, 0.6) is 0 Å². The van der Waals surface area contributed by atoms with E-state index in [1.807, 2.05) is 0 Å². The minimum atomic E-state index is -1.18. The van der Waals surface area contributed by atoms with E-state index in [1.165, 1.54) is 11.3 Å². The third-order valence-electron chi connectivity index (χ3n) is 1.73. The third-order valence-corrected chi connectivity index (χ3v) is 2.53. The average molecular weight is 229 g/mol. The highest BCUT2D eigenvalue weighted by molar-refractivity contribution is 7.09. The van der Waals surface area contributed by atoms with Gasteiger partial charge in [-0.15, -0.1) is 11.3 Å². The Morgan fingerprint density at radius 2 is 2.40 bits per heavy atom. The van der Waals surface area contributed by atoms with Crippen molar-refractivity contribution >= 4 is 23.3 Å². The molecule has 0 aromatic carbocycles. The van der Waals surface area contributed by atoms with Crippen LogP contribution in [0.3, 0.4) is 0 Å². The molecule has 0 aliphatic rings. The lowest BCUT2D eigenvalue weighted by atomic mass is 10.1. The zero-order chi connectivity index (χ0) is 11.3. The van der Waals surface area contributed by atoms with Crippen molar-refractivity contribution in [2.45, 2.75) is 13.3 Å². The van der Waals surface area contributed by atoms with Crippen LogP contribution in [-0.4, -0.2) is 28.6 Å². The van der Waals surface area contributed by atoms with Crippen LogP contribution in [0.15, 0.2) is 11.6 Å². The van der Waals surface area contributed by atoms with Gasteiger partial charge in [0.05, 0.1) is 11.6 Å². The van der Waals surface area contributed by atoms with Crippen molar-refractivity contribution in [2.24, 2.45) is 5.92 Å². The molecule has 6 heteroatoms. The molecule has 0 saturated heterocycles. The number of nitrogens with zero attached hydrogens (tertiary/aromatic N) is 1. The smallest absolute Gasteiger partial charge is 0.320 e. The van der Waals surface area contributed by atoms with E-state index in [-0.39, 0.29) is 13.0 Å². The van der Waals surface area contributed by atoms with Gasteiger partial charge in [0.15, 0.2) is 5.92 Å². The minimum absolute atomic E-state index is 0.0891. The molecule has 1 heterocycles. The van der Waals surface area contributed by atoms with Crippen molar-refractivity contribution in [3.8, 4) is 0 Å². The van der Waals surface area contributed by atoms with Crippen molar-refractivity contribution in [3.05, 3.63) is 16.6 Å². The number of carbonyl (C=O) groups is 2. The zero-order valence-electron chi connectivity index (χ0n) is 8.17. The van der Waals surface area contributed by atoms with Crippen molar-refractivity contribution in [1.82, 2.24) is 4.98 Å². The highest BCUT2D eigenvalue weighted by Crippen LogP contribution is 2.13. The van der Waals surface area contributed by atoms with E-state index in [4.69, 9.17) is 5.11 Å². The molecule has 5 nitrogen and oxygen atoms in total. The van der Waals surface area contributed by atoms with Crippen molar-refractivity contribution in [2.75, 3.05) is 6.61 Å². The summed E-state index contributed by atoms with van der Waals surface area (Å²) >= 11 is 1.32. The first-order chi connectivity index (χ1) is 7.15. The number of aromatic nitrogens is 1. The van der Waals surface area contributed by atoms with Gasteiger partial charge in [-0.2, -0.15) is 0 Å². The van der Waals surface area contributed by atoms with Gasteiger partial charge in [-0.25, -0.2) is 4.98 Å². The molecule has 0 bridgehead atoms. The van der Waals surface area contributed by atoms with E-state index in [0.29, 0.717) is 5.01 Å². The van der Waals surface area contributed by atoms with E-state index < -0.39 is 17.9 Å². The van der Waals surface area contributed by atoms with Gasteiger partial charge in [0.25, 0.3) is 0 Å². The second-order valence-corrected chi connectivity index (χ2v) is 3.75. The molecule has 0 aliphatic heterocycles. The van der Waals surface area contributed by atoms with Gasteiger partial charge in [0.1, 0.15) is 0 Å². The molecule has 1 N–H and O–H groups in total. The molecular formula is C9H11NO4S. The van der Waals surface area contributed by atoms with E-state index in [9.17, 15) is 9.59 Å². The van der Waals surface area contributed by atoms with Gasteiger partial charge in [0, 0.05) is 18.0 Å². The fourth-order valence-corrected chi connectivity index (χ4v) is 1.71. The number of aliphatic carboxylic acids is 1. The lowest BCUT2D eigenvalue weighted by Gasteiger charge is -2.08. The molecule has 0 saturated carbocycles. The Balaban J connectivity index is 2.66. The van der Waals surface area contributed by atoms with Crippen LogP contribution in [0, 0.1) is 5.92 Å². The maximum atomic E-state index is 11.3. The summed E-state index contributed by atoms with van der Waals surface area (Å²) in [5.41, 5.74) is 0. The zero-order valence-corrected chi connectivity index (χ0v) is 8.99. The fraction of sp³-hybridized carbons (Fsp3) is 0.444. The number of esters is 1. The standard InChI is InChI=1S/C9H11NO4S/c1-2-14-9(13)6(8(11)12)5-7-10-3-4-15-7/h3-4,6H,2,5H2,1H3,(H,11,12). The van der Waals surface area contributed by atoms with Gasteiger partial charge in [-0.1, -0.05) is 0 Å². The van der Waals surface area contributed by atoms with Crippen LogP contribution in [0.25, 0.3) is 0 Å². The number of carboxylic acids is 1. The molecule has 0 amide bonds. The first-order valence-electron chi connectivity index (χ1n) is 4.43. The van der Waals surface area contributed by atoms with E-state index in [1.54, 1.807) is 18.5 Å². The lowest BCUT2D eigenvalue weighted by Crippen LogP contribution is -2.27. The second-order valence-electron chi connectivity index (χ2n) is 2.77. The molecule has 0 radical (unpaired) electrons. The highest BCUT2D eigenvalue weighted by Gasteiger charge is 2.28. The van der Waals surface area contributed by atoms with Gasteiger partial charge < -0.3 is 9.84 Å². The number of rotatable bonds is 5. The number of carbonyl (C=O) groups excluding carboxylic acids is 1. The maximum absolute atomic E-state index is 11.3. The Kier molecular flexibility index (Phi) is 4.23. The number of hydrogen-bond acceptors (Lipinski definition) is 5. The summed E-state index contributed by atoms with van der Waals surface area (Å²) in [6.07, 6.45) is 1.66. The number of thiazole rings is 1. The topological polar surface area (TPSA) is 76.5 Å². The van der Waals surface area contributed by atoms with Crippen LogP contribution in [-0.2, 0) is 20.7 Å². The monoisotopic (exact) mass is 229 g/mol. The maximum Gasteiger partial charge on any atom is 0.320 e. The lowest BCUT2D eigenvalue weighted by molar-refractivity contribution is -0.158. The minimum Gasteiger partial charge on any atom is -0.481 e. The Morgan fingerprint density at radius 1 is 1.67 bits per heavy atom. The molecule has 1 aromatic rings. The largest absolute Gasteiger partial charge is 0.481 e. The third kappa shape index (κ3) is 3.32. The summed E-state index contributed by atoms with van der Waals surface area (Å²) in [7, 11) is 0. The Labute approximate surface area is 90.7 Å². The Bertz CT molecular complexity index is 336.